The Kier molecular flexibility index (Phi) is 7.42. The molecule has 46 heavy (non-hydrogen) atoms. The van der Waals surface area contributed by atoms with Crippen molar-refractivity contribution >= 4 is 33.6 Å². The Bertz CT molecular complexity index is 1960. The third-order valence-corrected chi connectivity index (χ3v) is 8.83. The summed E-state index contributed by atoms with van der Waals surface area (Å²) in [6, 6.07) is 14.5. The van der Waals surface area contributed by atoms with Crippen LogP contribution in [0.5, 0.6) is 5.75 Å². The number of aromatic nitrogens is 4. The second-order valence-electron chi connectivity index (χ2n) is 12.1. The smallest absolute Gasteiger partial charge is 0.282 e. The van der Waals surface area contributed by atoms with Gasteiger partial charge in [0.2, 0.25) is 5.91 Å². The highest BCUT2D eigenvalue weighted by atomic mass is 19.3. The summed E-state index contributed by atoms with van der Waals surface area (Å²) in [5, 5.41) is 16.8. The molecule has 2 aliphatic rings. The van der Waals surface area contributed by atoms with E-state index in [1.54, 1.807) is 33.8 Å². The van der Waals surface area contributed by atoms with E-state index in [9.17, 15) is 22.8 Å². The molecule has 2 aromatic heterocycles. The number of amides is 2. The van der Waals surface area contributed by atoms with E-state index >= 15 is 0 Å². The van der Waals surface area contributed by atoms with Crippen molar-refractivity contribution in [3.05, 3.63) is 77.7 Å². The van der Waals surface area contributed by atoms with Gasteiger partial charge in [0, 0.05) is 59.8 Å². The van der Waals surface area contributed by atoms with Crippen LogP contribution >= 0.6 is 0 Å². The summed E-state index contributed by atoms with van der Waals surface area (Å²) in [4.78, 5) is 29.8. The number of nitrogens with zero attached hydrogens (tertiary/aromatic N) is 5. The van der Waals surface area contributed by atoms with Gasteiger partial charge in [-0.25, -0.2) is 13.2 Å². The first-order valence-electron chi connectivity index (χ1n) is 15.0. The topological polar surface area (TPSA) is 108 Å². The maximum absolute atomic E-state index is 14.9. The van der Waals surface area contributed by atoms with Crippen LogP contribution in [-0.4, -0.2) is 86.3 Å². The molecule has 0 bridgehead atoms. The summed E-state index contributed by atoms with van der Waals surface area (Å²) >= 11 is 0. The summed E-state index contributed by atoms with van der Waals surface area (Å²) < 4.78 is 49.3. The predicted octanol–water partition coefficient (Wildman–Crippen LogP) is 4.50. The first kappa shape index (κ1) is 29.8. The van der Waals surface area contributed by atoms with E-state index < -0.39 is 36.8 Å². The lowest BCUT2D eigenvalue weighted by Gasteiger charge is -2.45. The van der Waals surface area contributed by atoms with Crippen molar-refractivity contribution in [1.82, 2.24) is 35.1 Å². The Morgan fingerprint density at radius 3 is 2.72 bits per heavy atom. The van der Waals surface area contributed by atoms with Gasteiger partial charge in [-0.05, 0) is 55.3 Å². The lowest BCUT2D eigenvalue weighted by Crippen LogP contribution is -2.64. The normalized spacial score (nSPS) is 19.7. The van der Waals surface area contributed by atoms with Gasteiger partial charge in [0.05, 0.1) is 43.0 Å². The highest BCUT2D eigenvalue weighted by molar-refractivity contribution is 6.02. The van der Waals surface area contributed by atoms with E-state index in [0.717, 1.165) is 32.3 Å². The van der Waals surface area contributed by atoms with Crippen LogP contribution in [0.4, 0.5) is 13.2 Å². The van der Waals surface area contributed by atoms with Gasteiger partial charge in [-0.15, -0.1) is 0 Å². The summed E-state index contributed by atoms with van der Waals surface area (Å²) in [7, 11) is 3.30. The fourth-order valence-electron chi connectivity index (χ4n) is 6.52. The van der Waals surface area contributed by atoms with Crippen molar-refractivity contribution in [2.75, 3.05) is 26.7 Å². The lowest BCUT2D eigenvalue weighted by molar-refractivity contribution is -0.172. The highest BCUT2D eigenvalue weighted by Crippen LogP contribution is 2.33. The molecule has 2 aliphatic heterocycles. The molecule has 2 N–H and O–H groups in total. The van der Waals surface area contributed by atoms with Gasteiger partial charge in [-0.1, -0.05) is 12.1 Å². The number of likely N-dealkylation sites (tertiary alicyclic amines) is 2. The van der Waals surface area contributed by atoms with E-state index in [-0.39, 0.29) is 30.6 Å². The summed E-state index contributed by atoms with van der Waals surface area (Å²) in [6.45, 7) is -1.04. The number of nitrogens with one attached hydrogen (secondary N) is 2. The molecular formula is C33H32F3N7O3. The van der Waals surface area contributed by atoms with Gasteiger partial charge >= 0.3 is 0 Å². The van der Waals surface area contributed by atoms with E-state index in [0.29, 0.717) is 29.8 Å². The number of benzene rings is 3. The molecule has 3 aromatic carbocycles. The fourth-order valence-corrected chi connectivity index (χ4v) is 6.52. The molecule has 0 spiro atoms. The number of fused-ring (bicyclic) bond motifs is 2. The second kappa shape index (κ2) is 11.5. The van der Waals surface area contributed by atoms with Crippen LogP contribution in [0.3, 0.4) is 0 Å². The molecule has 0 unspecified atom stereocenters. The number of aryl methyl sites for hydroxylation is 1. The fraction of sp³-hybridized carbons (Fsp3) is 0.333. The first-order valence-corrected chi connectivity index (χ1v) is 15.0. The van der Waals surface area contributed by atoms with Crippen LogP contribution in [0.25, 0.3) is 33.1 Å². The van der Waals surface area contributed by atoms with Crippen molar-refractivity contribution in [3.63, 3.8) is 0 Å². The van der Waals surface area contributed by atoms with Gasteiger partial charge in [0.25, 0.3) is 11.8 Å². The summed E-state index contributed by atoms with van der Waals surface area (Å²) in [5.41, 5.74) is 3.92. The molecule has 0 aliphatic carbocycles. The minimum Gasteiger partial charge on any atom is -0.496 e. The van der Waals surface area contributed by atoms with Crippen molar-refractivity contribution in [1.29, 1.82) is 0 Å². The lowest BCUT2D eigenvalue weighted by atomic mass is 9.94. The quantitative estimate of drug-likeness (QED) is 0.274. The van der Waals surface area contributed by atoms with Gasteiger partial charge in [0.1, 0.15) is 11.6 Å². The first-order chi connectivity index (χ1) is 22.1. The van der Waals surface area contributed by atoms with Crippen molar-refractivity contribution in [3.8, 4) is 17.0 Å². The SMILES string of the molecule is COc1cccc(F)c1CN1C[C@H](NC(=O)c2ccc3[nH]nc(-c4ccc5nn(C)cc5c4)c3c2)CC[C@H]1C(=O)N1CC(F)(F)C1. The molecule has 7 rings (SSSR count). The minimum absolute atomic E-state index is 0.00841. The molecule has 2 saturated heterocycles. The number of carbonyl (C=O) groups excluding carboxylic acids is 2. The number of carbonyl (C=O) groups is 2. The Labute approximate surface area is 262 Å². The molecule has 2 amide bonds. The Balaban J connectivity index is 1.12. The zero-order chi connectivity index (χ0) is 32.2. The largest absolute Gasteiger partial charge is 0.496 e. The Morgan fingerprint density at radius 1 is 1.11 bits per heavy atom. The van der Waals surface area contributed by atoms with E-state index in [1.165, 1.54) is 19.2 Å². The van der Waals surface area contributed by atoms with Crippen LogP contribution in [0.1, 0.15) is 28.8 Å². The summed E-state index contributed by atoms with van der Waals surface area (Å²) in [5.74, 6) is -3.81. The van der Waals surface area contributed by atoms with Crippen molar-refractivity contribution in [2.24, 2.45) is 7.05 Å². The Morgan fingerprint density at radius 2 is 1.93 bits per heavy atom. The second-order valence-corrected chi connectivity index (χ2v) is 12.1. The standard InChI is InChI=1S/C33H32F3N7O3/c1-41-14-21-12-19(6-9-26(21)40-41)30-23-13-20(7-10-27(23)38-39-30)31(44)37-22-8-11-28(32(45)43-17-33(35,36)18-43)42(15-22)16-24-25(34)4-3-5-29(24)46-2/h3-7,9-10,12-14,22,28H,8,11,15-18H2,1-2H3,(H,37,44)(H,38,39)/t22-,28+/m1/s1. The number of ether oxygens (including phenoxy) is 1. The van der Waals surface area contributed by atoms with Crippen LogP contribution in [0.15, 0.2) is 60.8 Å². The zero-order valence-electron chi connectivity index (χ0n) is 25.3. The molecule has 238 valence electrons. The monoisotopic (exact) mass is 631 g/mol. The average molecular weight is 632 g/mol. The maximum Gasteiger partial charge on any atom is 0.282 e. The number of alkyl halides is 2. The highest BCUT2D eigenvalue weighted by Gasteiger charge is 2.49. The van der Waals surface area contributed by atoms with Crippen LogP contribution in [0, 0.1) is 5.82 Å². The predicted molar refractivity (Wildman–Crippen MR) is 165 cm³/mol. The summed E-state index contributed by atoms with van der Waals surface area (Å²) in [6.07, 6.45) is 2.69. The number of hydrogen-bond acceptors (Lipinski definition) is 6. The van der Waals surface area contributed by atoms with Gasteiger partial charge in [-0.2, -0.15) is 10.2 Å². The molecule has 0 saturated carbocycles. The van der Waals surface area contributed by atoms with Crippen LogP contribution < -0.4 is 10.1 Å². The molecule has 13 heteroatoms. The number of piperidine rings is 1. The number of methoxy groups -OCH3 is 1. The van der Waals surface area contributed by atoms with Crippen molar-refractivity contribution in [2.45, 2.75) is 37.4 Å². The van der Waals surface area contributed by atoms with Gasteiger partial charge in [0.15, 0.2) is 0 Å². The van der Waals surface area contributed by atoms with E-state index in [2.05, 4.69) is 20.6 Å². The Hall–Kier alpha value is -4.91. The maximum atomic E-state index is 14.9. The zero-order valence-corrected chi connectivity index (χ0v) is 25.3. The molecule has 5 aromatic rings. The number of rotatable bonds is 7. The van der Waals surface area contributed by atoms with E-state index in [1.807, 2.05) is 31.4 Å². The van der Waals surface area contributed by atoms with E-state index in [4.69, 9.17) is 4.74 Å². The molecule has 0 radical (unpaired) electrons. The third-order valence-electron chi connectivity index (χ3n) is 8.83. The average Bonchev–Trinajstić information content (AvgIpc) is 3.62. The molecular weight excluding hydrogens is 599 g/mol. The number of hydrogen-bond donors (Lipinski definition) is 2. The van der Waals surface area contributed by atoms with Gasteiger partial charge in [-0.3, -0.25) is 24.3 Å². The minimum atomic E-state index is -2.90. The molecule has 2 fully saturated rings. The molecule has 4 heterocycles. The van der Waals surface area contributed by atoms with Crippen LogP contribution in [0.2, 0.25) is 0 Å². The number of halogens is 3. The molecule has 10 nitrogen and oxygen atoms in total. The molecule has 2 atom stereocenters. The number of H-pyrrole nitrogens is 1. The van der Waals surface area contributed by atoms with Gasteiger partial charge < -0.3 is 15.0 Å². The third kappa shape index (κ3) is 5.55. The van der Waals surface area contributed by atoms with Crippen LogP contribution in [-0.2, 0) is 18.4 Å². The van der Waals surface area contributed by atoms with Crippen molar-refractivity contribution < 1.29 is 27.5 Å². The number of aromatic amines is 1.